The van der Waals surface area contributed by atoms with Crippen LogP contribution in [0, 0.1) is 11.3 Å². The molecule has 0 aromatic carbocycles. The first kappa shape index (κ1) is 8.19. The lowest BCUT2D eigenvalue weighted by Gasteiger charge is -2.01. The molecule has 2 heterocycles. The predicted octanol–water partition coefficient (Wildman–Crippen LogP) is 0.116. The van der Waals surface area contributed by atoms with Gasteiger partial charge in [0.25, 0.3) is 0 Å². The molecule has 0 aliphatic heterocycles. The van der Waals surface area contributed by atoms with Crippen LogP contribution in [0.4, 0.5) is 5.82 Å². The zero-order chi connectivity index (χ0) is 9.97. The van der Waals surface area contributed by atoms with E-state index < -0.39 is 0 Å². The topological polar surface area (TPSA) is 93.4 Å². The zero-order valence-electron chi connectivity index (χ0n) is 7.12. The van der Waals surface area contributed by atoms with Gasteiger partial charge in [-0.15, -0.1) is 0 Å². The van der Waals surface area contributed by atoms with Gasteiger partial charge in [0.2, 0.25) is 0 Å². The van der Waals surface area contributed by atoms with Crippen molar-refractivity contribution in [3.05, 3.63) is 30.4 Å². The SMILES string of the molecule is N#Cc1ncc(N)nc1-n1cccn1. The quantitative estimate of drug-likeness (QED) is 0.682. The number of nitrogens with two attached hydrogens (primary N) is 1. The van der Waals surface area contributed by atoms with Gasteiger partial charge in [-0.2, -0.15) is 10.4 Å². The Kier molecular flexibility index (Phi) is 1.84. The lowest BCUT2D eigenvalue weighted by molar-refractivity contribution is 0.835. The van der Waals surface area contributed by atoms with Crippen molar-refractivity contribution in [1.29, 1.82) is 5.26 Å². The summed E-state index contributed by atoms with van der Waals surface area (Å²) in [6.07, 6.45) is 4.60. The third kappa shape index (κ3) is 1.27. The molecule has 0 spiro atoms. The molecule has 14 heavy (non-hydrogen) atoms. The maximum Gasteiger partial charge on any atom is 0.192 e. The molecule has 0 radical (unpaired) electrons. The van der Waals surface area contributed by atoms with Gasteiger partial charge in [0, 0.05) is 12.4 Å². The Morgan fingerprint density at radius 1 is 1.50 bits per heavy atom. The van der Waals surface area contributed by atoms with Crippen molar-refractivity contribution in [2.45, 2.75) is 0 Å². The van der Waals surface area contributed by atoms with Crippen LogP contribution in [0.2, 0.25) is 0 Å². The van der Waals surface area contributed by atoms with Crippen molar-refractivity contribution in [2.75, 3.05) is 5.73 Å². The van der Waals surface area contributed by atoms with Gasteiger partial charge in [-0.05, 0) is 6.07 Å². The molecule has 0 aliphatic carbocycles. The van der Waals surface area contributed by atoms with Crippen LogP contribution in [0.3, 0.4) is 0 Å². The molecule has 0 saturated carbocycles. The van der Waals surface area contributed by atoms with Crippen LogP contribution in [0.5, 0.6) is 0 Å². The Morgan fingerprint density at radius 3 is 3.00 bits per heavy atom. The Morgan fingerprint density at radius 2 is 2.36 bits per heavy atom. The zero-order valence-corrected chi connectivity index (χ0v) is 7.12. The smallest absolute Gasteiger partial charge is 0.192 e. The van der Waals surface area contributed by atoms with E-state index >= 15 is 0 Å². The molecule has 0 aliphatic rings. The standard InChI is InChI=1S/C8H6N6/c9-4-6-8(13-7(10)5-11-6)14-3-1-2-12-14/h1-3,5H,(H2,10,13). The molecule has 2 rings (SSSR count). The molecule has 0 bridgehead atoms. The van der Waals surface area contributed by atoms with E-state index in [2.05, 4.69) is 15.1 Å². The third-order valence-corrected chi connectivity index (χ3v) is 1.60. The summed E-state index contributed by atoms with van der Waals surface area (Å²) >= 11 is 0. The molecule has 6 heteroatoms. The second-order valence-corrected chi connectivity index (χ2v) is 2.53. The summed E-state index contributed by atoms with van der Waals surface area (Å²) in [6.45, 7) is 0. The summed E-state index contributed by atoms with van der Waals surface area (Å²) in [6, 6.07) is 3.65. The van der Waals surface area contributed by atoms with Crippen LogP contribution in [-0.4, -0.2) is 19.7 Å². The summed E-state index contributed by atoms with van der Waals surface area (Å²) in [5, 5.41) is 12.7. The van der Waals surface area contributed by atoms with Crippen molar-refractivity contribution >= 4 is 5.82 Å². The highest BCUT2D eigenvalue weighted by Gasteiger charge is 2.07. The van der Waals surface area contributed by atoms with E-state index in [-0.39, 0.29) is 11.5 Å². The average molecular weight is 186 g/mol. The van der Waals surface area contributed by atoms with E-state index in [1.165, 1.54) is 10.9 Å². The minimum Gasteiger partial charge on any atom is -0.382 e. The summed E-state index contributed by atoms with van der Waals surface area (Å²) in [5.74, 6) is 0.604. The van der Waals surface area contributed by atoms with Crippen LogP contribution in [-0.2, 0) is 0 Å². The minimum atomic E-state index is 0.197. The highest BCUT2D eigenvalue weighted by Crippen LogP contribution is 2.08. The van der Waals surface area contributed by atoms with Gasteiger partial charge < -0.3 is 5.73 Å². The van der Waals surface area contributed by atoms with Gasteiger partial charge in [-0.3, -0.25) is 0 Å². The highest BCUT2D eigenvalue weighted by atomic mass is 15.3. The van der Waals surface area contributed by atoms with Gasteiger partial charge in [-0.1, -0.05) is 0 Å². The van der Waals surface area contributed by atoms with Crippen LogP contribution in [0.1, 0.15) is 5.69 Å². The van der Waals surface area contributed by atoms with Crippen LogP contribution in [0.25, 0.3) is 5.82 Å². The molecule has 0 atom stereocenters. The Labute approximate surface area is 79.6 Å². The van der Waals surface area contributed by atoms with E-state index in [1.54, 1.807) is 18.5 Å². The molecule has 2 aromatic heterocycles. The second kappa shape index (κ2) is 3.14. The van der Waals surface area contributed by atoms with E-state index in [0.717, 1.165) is 0 Å². The van der Waals surface area contributed by atoms with Crippen molar-refractivity contribution < 1.29 is 0 Å². The number of aromatic nitrogens is 4. The number of nitrogens with zero attached hydrogens (tertiary/aromatic N) is 5. The molecule has 0 unspecified atom stereocenters. The van der Waals surface area contributed by atoms with Crippen molar-refractivity contribution in [2.24, 2.45) is 0 Å². The molecule has 2 N–H and O–H groups in total. The first-order chi connectivity index (χ1) is 6.81. The fourth-order valence-electron chi connectivity index (χ4n) is 1.03. The van der Waals surface area contributed by atoms with Crippen LogP contribution < -0.4 is 5.73 Å². The number of rotatable bonds is 1. The first-order valence-corrected chi connectivity index (χ1v) is 3.84. The molecule has 0 saturated heterocycles. The molecular formula is C8H6N6. The van der Waals surface area contributed by atoms with E-state index in [9.17, 15) is 0 Å². The normalized spacial score (nSPS) is 9.64. The van der Waals surface area contributed by atoms with Crippen LogP contribution in [0.15, 0.2) is 24.7 Å². The van der Waals surface area contributed by atoms with Crippen molar-refractivity contribution in [3.8, 4) is 11.9 Å². The fraction of sp³-hybridized carbons (Fsp3) is 0. The maximum atomic E-state index is 8.77. The minimum absolute atomic E-state index is 0.197. The van der Waals surface area contributed by atoms with Crippen molar-refractivity contribution in [1.82, 2.24) is 19.7 Å². The van der Waals surface area contributed by atoms with E-state index in [0.29, 0.717) is 5.82 Å². The van der Waals surface area contributed by atoms with Gasteiger partial charge >= 0.3 is 0 Å². The summed E-state index contributed by atoms with van der Waals surface area (Å²) in [5.41, 5.74) is 5.66. The number of nitrogen functional groups attached to an aromatic ring is 1. The highest BCUT2D eigenvalue weighted by molar-refractivity contribution is 5.42. The van der Waals surface area contributed by atoms with E-state index in [4.69, 9.17) is 11.0 Å². The summed E-state index contributed by atoms with van der Waals surface area (Å²) in [7, 11) is 0. The second-order valence-electron chi connectivity index (χ2n) is 2.53. The van der Waals surface area contributed by atoms with E-state index in [1.807, 2.05) is 6.07 Å². The molecule has 0 amide bonds. The lowest BCUT2D eigenvalue weighted by atomic mass is 10.4. The van der Waals surface area contributed by atoms with Gasteiger partial charge in [0.05, 0.1) is 6.20 Å². The molecule has 6 nitrogen and oxygen atoms in total. The van der Waals surface area contributed by atoms with Gasteiger partial charge in [0.1, 0.15) is 11.9 Å². The fourth-order valence-corrected chi connectivity index (χ4v) is 1.03. The number of hydrogen-bond acceptors (Lipinski definition) is 5. The Hall–Kier alpha value is -2.42. The third-order valence-electron chi connectivity index (χ3n) is 1.60. The summed E-state index contributed by atoms with van der Waals surface area (Å²) in [4.78, 5) is 7.82. The van der Waals surface area contributed by atoms with Gasteiger partial charge in [-0.25, -0.2) is 14.6 Å². The Balaban J connectivity index is 2.63. The maximum absolute atomic E-state index is 8.77. The lowest BCUT2D eigenvalue weighted by Crippen LogP contribution is -2.05. The monoisotopic (exact) mass is 186 g/mol. The molecule has 68 valence electrons. The van der Waals surface area contributed by atoms with Gasteiger partial charge in [0.15, 0.2) is 11.5 Å². The Bertz CT molecular complexity index is 481. The number of nitriles is 1. The molecular weight excluding hydrogens is 180 g/mol. The van der Waals surface area contributed by atoms with Crippen LogP contribution >= 0.6 is 0 Å². The number of anilines is 1. The van der Waals surface area contributed by atoms with Crippen molar-refractivity contribution in [3.63, 3.8) is 0 Å². The average Bonchev–Trinajstić information content (AvgIpc) is 2.70. The first-order valence-electron chi connectivity index (χ1n) is 3.84. The predicted molar refractivity (Wildman–Crippen MR) is 48.3 cm³/mol. The molecule has 2 aromatic rings. The summed E-state index contributed by atoms with van der Waals surface area (Å²) < 4.78 is 1.45. The molecule has 0 fully saturated rings. The largest absolute Gasteiger partial charge is 0.382 e. The number of hydrogen-bond donors (Lipinski definition) is 1.